The molecule has 2 amide bonds. The van der Waals surface area contributed by atoms with Crippen LogP contribution in [0.2, 0.25) is 0 Å². The molecule has 1 fully saturated rings. The summed E-state index contributed by atoms with van der Waals surface area (Å²) >= 11 is 0. The van der Waals surface area contributed by atoms with Crippen LogP contribution >= 0.6 is 0 Å². The number of fused-ring (bicyclic) bond motifs is 1. The Morgan fingerprint density at radius 1 is 1.20 bits per heavy atom. The number of rotatable bonds is 6. The molecular formula is C23H26N6O5S. The van der Waals surface area contributed by atoms with Gasteiger partial charge in [-0.2, -0.15) is 0 Å². The fourth-order valence-corrected chi connectivity index (χ4v) is 4.61. The number of amides is 2. The molecule has 5 N–H and O–H groups in total. The Bertz CT molecular complexity index is 1380. The first-order valence-electron chi connectivity index (χ1n) is 11.1. The molecule has 0 radical (unpaired) electrons. The molecule has 2 atom stereocenters. The number of nitrogens with zero attached hydrogens (tertiary/aromatic N) is 3. The average Bonchev–Trinajstić information content (AvgIpc) is 3.16. The number of piperidine rings is 1. The van der Waals surface area contributed by atoms with E-state index < -0.39 is 27.9 Å². The number of carbonyl (C=O) groups is 2. The number of para-hydroxylation sites is 1. The maximum Gasteiger partial charge on any atom is 0.269 e. The van der Waals surface area contributed by atoms with Crippen LogP contribution in [0.1, 0.15) is 19.8 Å². The summed E-state index contributed by atoms with van der Waals surface area (Å²) in [5.41, 5.74) is 1.34. The monoisotopic (exact) mass is 498 g/mol. The number of aromatic hydroxyl groups is 1. The minimum Gasteiger partial charge on any atom is -0.493 e. The van der Waals surface area contributed by atoms with E-state index in [4.69, 9.17) is 5.14 Å². The van der Waals surface area contributed by atoms with E-state index in [9.17, 15) is 23.1 Å². The van der Waals surface area contributed by atoms with Crippen molar-refractivity contribution in [1.82, 2.24) is 9.88 Å². The number of benzene rings is 2. The molecule has 1 aromatic heterocycles. The van der Waals surface area contributed by atoms with Crippen LogP contribution in [0, 0.1) is 5.92 Å². The van der Waals surface area contributed by atoms with Gasteiger partial charge in [-0.15, -0.1) is 10.2 Å². The Balaban J connectivity index is 1.38. The van der Waals surface area contributed by atoms with Gasteiger partial charge in [-0.3, -0.25) is 14.5 Å². The SMILES string of the molecule is CC(C(=O)Nc1ccc(S(N)(=O)=O)cc1)N1CCCC(C(=O)N=Nc2c(O)[nH]c3ccccc23)C1. The first kappa shape index (κ1) is 24.5. The predicted octanol–water partition coefficient (Wildman–Crippen LogP) is 2.87. The van der Waals surface area contributed by atoms with Crippen LogP contribution < -0.4 is 10.5 Å². The number of hydrogen-bond donors (Lipinski definition) is 4. The zero-order chi connectivity index (χ0) is 25.2. The van der Waals surface area contributed by atoms with E-state index >= 15 is 0 Å². The highest BCUT2D eigenvalue weighted by Gasteiger charge is 2.31. The van der Waals surface area contributed by atoms with Crippen molar-refractivity contribution < 1.29 is 23.1 Å². The first-order valence-corrected chi connectivity index (χ1v) is 12.6. The molecule has 1 aliphatic heterocycles. The quantitative estimate of drug-likeness (QED) is 0.381. The second-order valence-corrected chi connectivity index (χ2v) is 10.0. The van der Waals surface area contributed by atoms with E-state index in [1.807, 2.05) is 11.0 Å². The van der Waals surface area contributed by atoms with Gasteiger partial charge in [0.15, 0.2) is 5.69 Å². The molecule has 1 saturated heterocycles. The van der Waals surface area contributed by atoms with Crippen molar-refractivity contribution in [3.8, 4) is 5.88 Å². The van der Waals surface area contributed by atoms with Crippen LogP contribution in [0.15, 0.2) is 63.7 Å². The number of azo groups is 1. The number of aromatic nitrogens is 1. The van der Waals surface area contributed by atoms with Gasteiger partial charge in [-0.25, -0.2) is 13.6 Å². The van der Waals surface area contributed by atoms with E-state index in [1.54, 1.807) is 25.1 Å². The fourth-order valence-electron chi connectivity index (χ4n) is 4.10. The van der Waals surface area contributed by atoms with E-state index in [0.29, 0.717) is 42.5 Å². The average molecular weight is 499 g/mol. The lowest BCUT2D eigenvalue weighted by Gasteiger charge is -2.34. The lowest BCUT2D eigenvalue weighted by Crippen LogP contribution is -2.48. The number of sulfonamides is 1. The highest BCUT2D eigenvalue weighted by atomic mass is 32.2. The van der Waals surface area contributed by atoms with E-state index in [2.05, 4.69) is 20.5 Å². The fraction of sp³-hybridized carbons (Fsp3) is 0.304. The van der Waals surface area contributed by atoms with Crippen LogP contribution in [0.4, 0.5) is 11.4 Å². The molecule has 2 aromatic carbocycles. The van der Waals surface area contributed by atoms with Crippen molar-refractivity contribution in [2.75, 3.05) is 18.4 Å². The second kappa shape index (κ2) is 9.94. The maximum atomic E-state index is 12.8. The van der Waals surface area contributed by atoms with Crippen LogP contribution in [0.25, 0.3) is 10.9 Å². The van der Waals surface area contributed by atoms with E-state index in [-0.39, 0.29) is 22.4 Å². The van der Waals surface area contributed by atoms with Gasteiger partial charge in [-0.1, -0.05) is 18.2 Å². The van der Waals surface area contributed by atoms with Gasteiger partial charge in [0.05, 0.1) is 22.4 Å². The minimum atomic E-state index is -3.81. The molecule has 12 heteroatoms. The highest BCUT2D eigenvalue weighted by molar-refractivity contribution is 7.89. The van der Waals surface area contributed by atoms with Crippen LogP contribution in [0.5, 0.6) is 5.88 Å². The van der Waals surface area contributed by atoms with E-state index in [0.717, 1.165) is 0 Å². The zero-order valence-electron chi connectivity index (χ0n) is 19.0. The Kier molecular flexibility index (Phi) is 6.96. The van der Waals surface area contributed by atoms with Crippen molar-refractivity contribution in [1.29, 1.82) is 0 Å². The second-order valence-electron chi connectivity index (χ2n) is 8.47. The summed E-state index contributed by atoms with van der Waals surface area (Å²) < 4.78 is 22.8. The summed E-state index contributed by atoms with van der Waals surface area (Å²) in [6.45, 7) is 2.73. The summed E-state index contributed by atoms with van der Waals surface area (Å²) in [4.78, 5) is 30.2. The zero-order valence-corrected chi connectivity index (χ0v) is 19.8. The Hall–Kier alpha value is -3.61. The number of aromatic amines is 1. The van der Waals surface area contributed by atoms with Crippen molar-refractivity contribution >= 4 is 44.1 Å². The molecule has 11 nitrogen and oxygen atoms in total. The lowest BCUT2D eigenvalue weighted by atomic mass is 9.96. The summed E-state index contributed by atoms with van der Waals surface area (Å²) in [5, 5.41) is 26.5. The predicted molar refractivity (Wildman–Crippen MR) is 130 cm³/mol. The Morgan fingerprint density at radius 2 is 1.91 bits per heavy atom. The third kappa shape index (κ3) is 5.56. The molecular weight excluding hydrogens is 472 g/mol. The standard InChI is InChI=1S/C23H26N6O5S/c1-14(21(30)25-16-8-10-17(11-9-16)35(24,33)34)29-12-4-5-15(13-29)22(31)28-27-20-18-6-2-3-7-19(18)26-23(20)32/h2-3,6-11,14-15,26,32H,4-5,12-13H2,1H3,(H,25,30)(H2,24,33,34). The molecule has 2 unspecified atom stereocenters. The summed E-state index contributed by atoms with van der Waals surface area (Å²) in [5.74, 6) is -1.28. The Labute approximate surface area is 202 Å². The summed E-state index contributed by atoms with van der Waals surface area (Å²) in [6, 6.07) is 12.2. The van der Waals surface area contributed by atoms with Gasteiger partial charge in [-0.05, 0) is 56.6 Å². The molecule has 1 aliphatic rings. The van der Waals surface area contributed by atoms with Gasteiger partial charge < -0.3 is 15.4 Å². The number of primary sulfonamides is 1. The third-order valence-corrected chi connectivity index (χ3v) is 7.02. The molecule has 0 aliphatic carbocycles. The third-order valence-electron chi connectivity index (χ3n) is 6.09. The van der Waals surface area contributed by atoms with Gasteiger partial charge in [0, 0.05) is 17.6 Å². The van der Waals surface area contributed by atoms with E-state index in [1.165, 1.54) is 24.3 Å². The van der Waals surface area contributed by atoms with Crippen LogP contribution in [0.3, 0.4) is 0 Å². The number of likely N-dealkylation sites (tertiary alicyclic amines) is 1. The molecule has 0 spiro atoms. The van der Waals surface area contributed by atoms with Gasteiger partial charge in [0.1, 0.15) is 0 Å². The van der Waals surface area contributed by atoms with Gasteiger partial charge >= 0.3 is 0 Å². The number of anilines is 1. The van der Waals surface area contributed by atoms with Crippen LogP contribution in [-0.2, 0) is 19.6 Å². The lowest BCUT2D eigenvalue weighted by molar-refractivity contribution is -0.127. The highest BCUT2D eigenvalue weighted by Crippen LogP contribution is 2.35. The molecule has 0 saturated carbocycles. The van der Waals surface area contributed by atoms with Gasteiger partial charge in [0.25, 0.3) is 5.91 Å². The summed E-state index contributed by atoms with van der Waals surface area (Å²) in [7, 11) is -3.81. The minimum absolute atomic E-state index is 0.0453. The Morgan fingerprint density at radius 3 is 2.63 bits per heavy atom. The number of nitrogens with two attached hydrogens (primary N) is 1. The number of nitrogens with one attached hydrogen (secondary N) is 2. The normalized spacial score (nSPS) is 18.1. The topological polar surface area (TPSA) is 170 Å². The molecule has 3 aromatic rings. The van der Waals surface area contributed by atoms with Crippen molar-refractivity contribution in [2.24, 2.45) is 21.3 Å². The molecule has 0 bridgehead atoms. The molecule has 2 heterocycles. The largest absolute Gasteiger partial charge is 0.493 e. The molecule has 35 heavy (non-hydrogen) atoms. The molecule has 4 rings (SSSR count). The summed E-state index contributed by atoms with van der Waals surface area (Å²) in [6.07, 6.45) is 1.34. The van der Waals surface area contributed by atoms with Crippen molar-refractivity contribution in [3.05, 3.63) is 48.5 Å². The first-order chi connectivity index (χ1) is 16.6. The maximum absolute atomic E-state index is 12.8. The van der Waals surface area contributed by atoms with Crippen LogP contribution in [-0.4, -0.2) is 54.4 Å². The van der Waals surface area contributed by atoms with Crippen molar-refractivity contribution in [3.63, 3.8) is 0 Å². The molecule has 184 valence electrons. The number of hydrogen-bond acceptors (Lipinski definition) is 7. The number of H-pyrrole nitrogens is 1. The van der Waals surface area contributed by atoms with Crippen molar-refractivity contribution in [2.45, 2.75) is 30.7 Å². The van der Waals surface area contributed by atoms with Gasteiger partial charge in [0.2, 0.25) is 21.8 Å². The smallest absolute Gasteiger partial charge is 0.269 e. The number of carbonyl (C=O) groups excluding carboxylic acids is 2.